The molecule has 222 valence electrons. The third-order valence-electron chi connectivity index (χ3n) is 7.98. The molecule has 3 amide bonds. The van der Waals surface area contributed by atoms with Gasteiger partial charge < -0.3 is 20.0 Å². The molecular formula is C28H35N9O3S2. The van der Waals surface area contributed by atoms with Crippen LogP contribution in [0.3, 0.4) is 0 Å². The number of nitrogens with zero attached hydrogens (tertiary/aromatic N) is 7. The van der Waals surface area contributed by atoms with Crippen molar-refractivity contribution in [3.63, 3.8) is 0 Å². The summed E-state index contributed by atoms with van der Waals surface area (Å²) in [6.45, 7) is 2.68. The summed E-state index contributed by atoms with van der Waals surface area (Å²) >= 11 is 2.90. The second kappa shape index (κ2) is 11.9. The maximum atomic E-state index is 13.1. The highest BCUT2D eigenvalue weighted by molar-refractivity contribution is 7.15. The van der Waals surface area contributed by atoms with E-state index in [-0.39, 0.29) is 36.3 Å². The fourth-order valence-electron chi connectivity index (χ4n) is 5.93. The lowest BCUT2D eigenvalue weighted by Crippen LogP contribution is -2.45. The highest BCUT2D eigenvalue weighted by atomic mass is 32.1. The molecule has 2 aliphatic rings. The van der Waals surface area contributed by atoms with Crippen molar-refractivity contribution in [1.29, 1.82) is 5.26 Å². The molecule has 0 spiro atoms. The van der Waals surface area contributed by atoms with Crippen LogP contribution in [0.5, 0.6) is 0 Å². The number of tetrazole rings is 1. The zero-order valence-corrected chi connectivity index (χ0v) is 26.1. The number of aromatic nitrogens is 4. The van der Waals surface area contributed by atoms with Gasteiger partial charge in [-0.2, -0.15) is 10.5 Å². The van der Waals surface area contributed by atoms with Crippen LogP contribution in [0.25, 0.3) is 0 Å². The SMILES string of the molecule is C[C@@H](CC1(c2nn[nH]n2)c2cc(C(=O)N(C)C)sc2CCc2cc(C(=O)N(C)C)sc21)NCC(=O)N1CCCC1C#N. The van der Waals surface area contributed by atoms with Crippen molar-refractivity contribution < 1.29 is 14.4 Å². The number of hydrogen-bond donors (Lipinski definition) is 2. The van der Waals surface area contributed by atoms with Crippen LogP contribution in [-0.2, 0) is 23.1 Å². The van der Waals surface area contributed by atoms with E-state index >= 15 is 0 Å². The first-order valence-electron chi connectivity index (χ1n) is 13.9. The summed E-state index contributed by atoms with van der Waals surface area (Å²) in [5.41, 5.74) is 1.03. The molecule has 3 aromatic rings. The van der Waals surface area contributed by atoms with Gasteiger partial charge in [0.05, 0.1) is 27.8 Å². The Morgan fingerprint density at radius 1 is 1.17 bits per heavy atom. The number of aromatic amines is 1. The Bertz CT molecular complexity index is 1450. The lowest BCUT2D eigenvalue weighted by atomic mass is 9.73. The topological polar surface area (TPSA) is 151 Å². The van der Waals surface area contributed by atoms with Crippen LogP contribution in [0.2, 0.25) is 0 Å². The maximum absolute atomic E-state index is 13.1. The Morgan fingerprint density at radius 2 is 1.88 bits per heavy atom. The molecule has 3 aromatic heterocycles. The molecule has 12 nitrogen and oxygen atoms in total. The Hall–Kier alpha value is -3.67. The molecule has 0 radical (unpaired) electrons. The Balaban J connectivity index is 1.59. The third kappa shape index (κ3) is 5.32. The molecule has 3 atom stereocenters. The van der Waals surface area contributed by atoms with E-state index in [2.05, 4.69) is 32.0 Å². The van der Waals surface area contributed by atoms with Crippen molar-refractivity contribution in [1.82, 2.24) is 40.6 Å². The van der Waals surface area contributed by atoms with Crippen LogP contribution in [0.1, 0.15) is 72.2 Å². The molecule has 0 aromatic carbocycles. The predicted molar refractivity (Wildman–Crippen MR) is 159 cm³/mol. The average Bonchev–Trinajstić information content (AvgIpc) is 3.78. The van der Waals surface area contributed by atoms with Gasteiger partial charge in [-0.3, -0.25) is 14.4 Å². The van der Waals surface area contributed by atoms with Gasteiger partial charge in [0.25, 0.3) is 11.8 Å². The molecule has 2 unspecified atom stereocenters. The van der Waals surface area contributed by atoms with E-state index in [1.165, 1.54) is 22.7 Å². The van der Waals surface area contributed by atoms with Crippen molar-refractivity contribution in [3.05, 3.63) is 48.6 Å². The maximum Gasteiger partial charge on any atom is 0.263 e. The van der Waals surface area contributed by atoms with Gasteiger partial charge in [0.2, 0.25) is 5.91 Å². The molecular weight excluding hydrogens is 575 g/mol. The van der Waals surface area contributed by atoms with Gasteiger partial charge in [0, 0.05) is 50.5 Å². The minimum absolute atomic E-state index is 0.0839. The summed E-state index contributed by atoms with van der Waals surface area (Å²) in [5.74, 6) is 0.174. The quantitative estimate of drug-likeness (QED) is 0.394. The summed E-state index contributed by atoms with van der Waals surface area (Å²) in [4.78, 5) is 47.3. The first kappa shape index (κ1) is 29.8. The minimum Gasteiger partial charge on any atom is -0.344 e. The molecule has 14 heteroatoms. The Labute approximate surface area is 252 Å². The minimum atomic E-state index is -0.927. The van der Waals surface area contributed by atoms with Gasteiger partial charge in [-0.1, -0.05) is 5.21 Å². The van der Waals surface area contributed by atoms with Gasteiger partial charge in [-0.15, -0.1) is 32.9 Å². The lowest BCUT2D eigenvalue weighted by molar-refractivity contribution is -0.130. The number of aryl methyl sites for hydroxylation is 2. The third-order valence-corrected chi connectivity index (χ3v) is 10.5. The van der Waals surface area contributed by atoms with Gasteiger partial charge in [-0.25, -0.2) is 0 Å². The molecule has 1 aliphatic heterocycles. The number of amides is 3. The van der Waals surface area contributed by atoms with Crippen LogP contribution >= 0.6 is 22.7 Å². The van der Waals surface area contributed by atoms with Crippen molar-refractivity contribution >= 4 is 40.4 Å². The number of carbonyl (C=O) groups excluding carboxylic acids is 3. The highest BCUT2D eigenvalue weighted by Gasteiger charge is 2.48. The van der Waals surface area contributed by atoms with E-state index in [0.717, 1.165) is 27.3 Å². The molecule has 42 heavy (non-hydrogen) atoms. The Morgan fingerprint density at radius 3 is 2.52 bits per heavy atom. The van der Waals surface area contributed by atoms with E-state index in [0.29, 0.717) is 47.8 Å². The van der Waals surface area contributed by atoms with Crippen LogP contribution < -0.4 is 5.32 Å². The zero-order chi connectivity index (χ0) is 30.2. The summed E-state index contributed by atoms with van der Waals surface area (Å²) in [6, 6.07) is 5.55. The molecule has 0 bridgehead atoms. The zero-order valence-electron chi connectivity index (χ0n) is 24.4. The number of fused-ring (bicyclic) bond motifs is 2. The predicted octanol–water partition coefficient (Wildman–Crippen LogP) is 2.04. The monoisotopic (exact) mass is 609 g/mol. The van der Waals surface area contributed by atoms with Crippen LogP contribution in [0.15, 0.2) is 12.1 Å². The molecule has 4 heterocycles. The molecule has 0 saturated carbocycles. The fourth-order valence-corrected chi connectivity index (χ4v) is 8.63. The molecule has 2 N–H and O–H groups in total. The van der Waals surface area contributed by atoms with Crippen LogP contribution in [-0.4, -0.2) is 106 Å². The summed E-state index contributed by atoms with van der Waals surface area (Å²) < 4.78 is 0. The second-order valence-corrected chi connectivity index (χ2v) is 13.5. The molecule has 5 rings (SSSR count). The number of rotatable bonds is 8. The Kier molecular flexibility index (Phi) is 8.45. The van der Waals surface area contributed by atoms with Gasteiger partial charge in [0.1, 0.15) is 6.04 Å². The number of thiophene rings is 2. The molecule has 1 fully saturated rings. The van der Waals surface area contributed by atoms with Gasteiger partial charge in [0.15, 0.2) is 5.82 Å². The highest BCUT2D eigenvalue weighted by Crippen LogP contribution is 2.51. The van der Waals surface area contributed by atoms with E-state index in [1.54, 1.807) is 42.9 Å². The fraction of sp³-hybridized carbons (Fsp3) is 0.536. The normalized spacial score (nSPS) is 20.3. The van der Waals surface area contributed by atoms with Crippen LogP contribution in [0.4, 0.5) is 0 Å². The van der Waals surface area contributed by atoms with Crippen molar-refractivity contribution in [3.8, 4) is 6.07 Å². The average molecular weight is 610 g/mol. The standard InChI is InChI=1S/C28H35N9O3S2/c1-16(30-15-23(38)37-10-6-7-18(37)14-29)13-28(27-31-33-34-32-27)19-12-22(26(40)36(4)5)41-20(19)9-8-17-11-21(42-24(17)28)25(39)35(2)3/h11-12,16,18,30H,6-10,13,15H2,1-5H3,(H,31,32,33,34)/t16-,18?,28?/m0/s1. The summed E-state index contributed by atoms with van der Waals surface area (Å²) in [6.07, 6.45) is 3.36. The van der Waals surface area contributed by atoms with E-state index in [4.69, 9.17) is 0 Å². The van der Waals surface area contributed by atoms with Gasteiger partial charge in [-0.05, 0) is 62.3 Å². The van der Waals surface area contributed by atoms with Crippen molar-refractivity contribution in [2.75, 3.05) is 41.3 Å². The molecule has 1 saturated heterocycles. The van der Waals surface area contributed by atoms with Crippen molar-refractivity contribution in [2.24, 2.45) is 0 Å². The lowest BCUT2D eigenvalue weighted by Gasteiger charge is -2.33. The number of H-pyrrole nitrogens is 1. The number of nitriles is 1. The smallest absolute Gasteiger partial charge is 0.263 e. The van der Waals surface area contributed by atoms with E-state index in [9.17, 15) is 19.6 Å². The first-order chi connectivity index (χ1) is 20.1. The van der Waals surface area contributed by atoms with E-state index < -0.39 is 5.41 Å². The number of carbonyl (C=O) groups is 3. The van der Waals surface area contributed by atoms with Crippen LogP contribution in [0, 0.1) is 11.3 Å². The summed E-state index contributed by atoms with van der Waals surface area (Å²) in [5, 5.41) is 28.4. The second-order valence-electron chi connectivity index (χ2n) is 11.3. The number of likely N-dealkylation sites (tertiary alicyclic amines) is 1. The number of nitrogens with one attached hydrogen (secondary N) is 2. The largest absolute Gasteiger partial charge is 0.344 e. The van der Waals surface area contributed by atoms with Gasteiger partial charge >= 0.3 is 0 Å². The van der Waals surface area contributed by atoms with Crippen molar-refractivity contribution in [2.45, 2.75) is 56.5 Å². The first-order valence-corrected chi connectivity index (χ1v) is 15.6. The molecule has 1 aliphatic carbocycles. The van der Waals surface area contributed by atoms with E-state index in [1.807, 2.05) is 19.1 Å². The summed E-state index contributed by atoms with van der Waals surface area (Å²) in [7, 11) is 6.93. The number of hydrogen-bond acceptors (Lipinski definition) is 10.